The summed E-state index contributed by atoms with van der Waals surface area (Å²) in [7, 11) is 0. The van der Waals surface area contributed by atoms with Crippen molar-refractivity contribution in [3.63, 3.8) is 0 Å². The number of hydrogen-bond donors (Lipinski definition) is 2. The van der Waals surface area contributed by atoms with Gasteiger partial charge in [-0.2, -0.15) is 0 Å². The lowest BCUT2D eigenvalue weighted by molar-refractivity contribution is 0.668. The zero-order valence-electron chi connectivity index (χ0n) is 11.1. The fourth-order valence-corrected chi connectivity index (χ4v) is 3.66. The van der Waals surface area contributed by atoms with Crippen LogP contribution in [0.25, 0.3) is 5.70 Å². The third-order valence-corrected chi connectivity index (χ3v) is 4.61. The molecule has 0 atom stereocenters. The van der Waals surface area contributed by atoms with Crippen molar-refractivity contribution in [2.24, 2.45) is 0 Å². The van der Waals surface area contributed by atoms with Gasteiger partial charge >= 0.3 is 0 Å². The Bertz CT molecular complexity index is 662. The van der Waals surface area contributed by atoms with Gasteiger partial charge < -0.3 is 11.1 Å². The van der Waals surface area contributed by atoms with Crippen LogP contribution in [-0.2, 0) is 6.42 Å². The van der Waals surface area contributed by atoms with E-state index in [0.29, 0.717) is 0 Å². The van der Waals surface area contributed by atoms with Crippen molar-refractivity contribution < 1.29 is 0 Å². The summed E-state index contributed by atoms with van der Waals surface area (Å²) in [6.45, 7) is 4.22. The predicted molar refractivity (Wildman–Crippen MR) is 79.2 cm³/mol. The maximum Gasteiger partial charge on any atom is 0.0500 e. The van der Waals surface area contributed by atoms with E-state index in [9.17, 15) is 0 Å². The van der Waals surface area contributed by atoms with Crippen molar-refractivity contribution in [1.82, 2.24) is 5.32 Å². The van der Waals surface area contributed by atoms with E-state index in [1.165, 1.54) is 53.7 Å². The molecule has 0 spiro atoms. The Morgan fingerprint density at radius 3 is 2.68 bits per heavy atom. The zero-order valence-corrected chi connectivity index (χ0v) is 11.1. The molecule has 0 fully saturated rings. The summed E-state index contributed by atoms with van der Waals surface area (Å²) in [5.74, 6) is 0. The Morgan fingerprint density at radius 2 is 1.84 bits per heavy atom. The first-order valence-corrected chi connectivity index (χ1v) is 7.05. The minimum absolute atomic E-state index is 0.914. The number of hydrogen-bond acceptors (Lipinski definition) is 2. The molecule has 2 heteroatoms. The number of rotatable bonds is 0. The quantitative estimate of drug-likeness (QED) is 0.691. The minimum Gasteiger partial charge on any atom is -0.398 e. The highest BCUT2D eigenvalue weighted by atomic mass is 14.9. The fourth-order valence-electron chi connectivity index (χ4n) is 3.66. The number of benzene rings is 1. The molecule has 3 N–H and O–H groups in total. The van der Waals surface area contributed by atoms with Gasteiger partial charge in [0.25, 0.3) is 0 Å². The lowest BCUT2D eigenvalue weighted by Gasteiger charge is -2.29. The Morgan fingerprint density at radius 1 is 1.05 bits per heavy atom. The Hall–Kier alpha value is -1.96. The molecule has 3 aliphatic rings. The van der Waals surface area contributed by atoms with Crippen molar-refractivity contribution in [3.05, 3.63) is 58.3 Å². The second kappa shape index (κ2) is 3.77. The predicted octanol–water partition coefficient (Wildman–Crippen LogP) is 3.52. The number of fused-ring (bicyclic) bond motifs is 3. The molecule has 96 valence electrons. The highest BCUT2D eigenvalue weighted by Crippen LogP contribution is 2.46. The standard InChI is InChI=1S/C17H18N2/c1-10-11-5-2-3-6-12(11)15-9-14-13(17(15)19-10)7-4-8-16(14)18/h4,7-8,19H,1-3,5-6,9,18H2. The summed E-state index contributed by atoms with van der Waals surface area (Å²) in [4.78, 5) is 0. The molecule has 0 amide bonds. The molecule has 0 saturated carbocycles. The largest absolute Gasteiger partial charge is 0.398 e. The van der Waals surface area contributed by atoms with Crippen molar-refractivity contribution in [1.29, 1.82) is 0 Å². The lowest BCUT2D eigenvalue weighted by atomic mass is 9.83. The van der Waals surface area contributed by atoms with Crippen LogP contribution < -0.4 is 11.1 Å². The topological polar surface area (TPSA) is 38.0 Å². The van der Waals surface area contributed by atoms with E-state index in [0.717, 1.165) is 17.8 Å². The first kappa shape index (κ1) is 10.9. The molecule has 1 aromatic carbocycles. The molecule has 0 unspecified atom stereocenters. The second-order valence-corrected chi connectivity index (χ2v) is 5.67. The summed E-state index contributed by atoms with van der Waals surface area (Å²) in [5.41, 5.74) is 16.4. The molecule has 1 aromatic rings. The van der Waals surface area contributed by atoms with Crippen LogP contribution in [0, 0.1) is 0 Å². The van der Waals surface area contributed by atoms with Crippen molar-refractivity contribution in [2.75, 3.05) is 5.73 Å². The highest BCUT2D eigenvalue weighted by Gasteiger charge is 2.32. The van der Waals surface area contributed by atoms with E-state index in [1.807, 2.05) is 12.1 Å². The number of allylic oxidation sites excluding steroid dienone is 3. The summed E-state index contributed by atoms with van der Waals surface area (Å²) in [5, 5.41) is 3.53. The number of dihydropyridines is 1. The van der Waals surface area contributed by atoms with Gasteiger partial charge in [-0.3, -0.25) is 0 Å². The average molecular weight is 250 g/mol. The van der Waals surface area contributed by atoms with Crippen LogP contribution >= 0.6 is 0 Å². The Balaban J connectivity index is 1.90. The van der Waals surface area contributed by atoms with Crippen LogP contribution in [0.2, 0.25) is 0 Å². The van der Waals surface area contributed by atoms with Crippen LogP contribution in [-0.4, -0.2) is 0 Å². The third-order valence-electron chi connectivity index (χ3n) is 4.61. The molecule has 0 bridgehead atoms. The fraction of sp³-hybridized carbons (Fsp3) is 0.294. The molecule has 19 heavy (non-hydrogen) atoms. The second-order valence-electron chi connectivity index (χ2n) is 5.67. The first-order valence-electron chi connectivity index (χ1n) is 7.05. The van der Waals surface area contributed by atoms with Crippen LogP contribution in [0.4, 0.5) is 5.69 Å². The van der Waals surface area contributed by atoms with E-state index in [4.69, 9.17) is 5.73 Å². The summed E-state index contributed by atoms with van der Waals surface area (Å²) in [6.07, 6.45) is 5.94. The molecule has 1 aliphatic heterocycles. The van der Waals surface area contributed by atoms with Crippen LogP contribution in [0.5, 0.6) is 0 Å². The van der Waals surface area contributed by atoms with E-state index in [2.05, 4.69) is 18.0 Å². The molecular weight excluding hydrogens is 232 g/mol. The number of nitrogens with two attached hydrogens (primary N) is 1. The third kappa shape index (κ3) is 1.43. The SMILES string of the molecule is C=C1NC2=C(Cc3c(N)cccc32)C2=C1CCCC2. The molecular formula is C17H18N2. The molecule has 0 aromatic heterocycles. The van der Waals surface area contributed by atoms with Crippen LogP contribution in [0.15, 0.2) is 47.2 Å². The Labute approximate surface area is 113 Å². The van der Waals surface area contributed by atoms with Gasteiger partial charge in [0.2, 0.25) is 0 Å². The monoisotopic (exact) mass is 250 g/mol. The van der Waals surface area contributed by atoms with Crippen molar-refractivity contribution >= 4 is 11.4 Å². The summed E-state index contributed by atoms with van der Waals surface area (Å²) >= 11 is 0. The molecule has 4 rings (SSSR count). The van der Waals surface area contributed by atoms with Gasteiger partial charge in [0.1, 0.15) is 0 Å². The molecule has 2 nitrogen and oxygen atoms in total. The van der Waals surface area contributed by atoms with Crippen LogP contribution in [0.1, 0.15) is 36.8 Å². The lowest BCUT2D eigenvalue weighted by Crippen LogP contribution is -2.21. The van der Waals surface area contributed by atoms with Gasteiger partial charge in [0, 0.05) is 29.1 Å². The van der Waals surface area contributed by atoms with E-state index < -0.39 is 0 Å². The molecule has 0 radical (unpaired) electrons. The maximum absolute atomic E-state index is 6.14. The van der Waals surface area contributed by atoms with Gasteiger partial charge in [0.15, 0.2) is 0 Å². The van der Waals surface area contributed by atoms with Crippen molar-refractivity contribution in [3.8, 4) is 0 Å². The zero-order chi connectivity index (χ0) is 13.0. The number of nitrogen functional groups attached to an aromatic ring is 1. The number of anilines is 1. The minimum atomic E-state index is 0.914. The number of nitrogens with one attached hydrogen (secondary N) is 1. The van der Waals surface area contributed by atoms with Gasteiger partial charge in [0.05, 0.1) is 0 Å². The van der Waals surface area contributed by atoms with Gasteiger partial charge in [-0.25, -0.2) is 0 Å². The van der Waals surface area contributed by atoms with Crippen molar-refractivity contribution in [2.45, 2.75) is 32.1 Å². The van der Waals surface area contributed by atoms with E-state index >= 15 is 0 Å². The normalized spacial score (nSPS) is 20.9. The Kier molecular flexibility index (Phi) is 2.16. The summed E-state index contributed by atoms with van der Waals surface area (Å²) < 4.78 is 0. The summed E-state index contributed by atoms with van der Waals surface area (Å²) in [6, 6.07) is 6.21. The molecule has 0 saturated heterocycles. The van der Waals surface area contributed by atoms with Crippen LogP contribution in [0.3, 0.4) is 0 Å². The first-order chi connectivity index (χ1) is 9.25. The van der Waals surface area contributed by atoms with E-state index in [1.54, 1.807) is 5.57 Å². The van der Waals surface area contributed by atoms with Gasteiger partial charge in [-0.1, -0.05) is 18.7 Å². The average Bonchev–Trinajstić information content (AvgIpc) is 2.80. The molecule has 1 heterocycles. The highest BCUT2D eigenvalue weighted by molar-refractivity contribution is 5.85. The van der Waals surface area contributed by atoms with Gasteiger partial charge in [-0.15, -0.1) is 0 Å². The van der Waals surface area contributed by atoms with E-state index in [-0.39, 0.29) is 0 Å². The van der Waals surface area contributed by atoms with Gasteiger partial charge in [-0.05, 0) is 54.0 Å². The molecule has 2 aliphatic carbocycles. The maximum atomic E-state index is 6.14. The smallest absolute Gasteiger partial charge is 0.0500 e.